The molecule has 0 saturated carbocycles. The fourth-order valence-electron chi connectivity index (χ4n) is 2.46. The highest BCUT2D eigenvalue weighted by atomic mass is 15.6. The summed E-state index contributed by atoms with van der Waals surface area (Å²) >= 11 is 0. The maximum Gasteiger partial charge on any atom is 0.335 e. The van der Waals surface area contributed by atoms with E-state index in [1.165, 1.54) is 0 Å². The van der Waals surface area contributed by atoms with E-state index < -0.39 is 0 Å². The lowest BCUT2D eigenvalue weighted by Crippen LogP contribution is -2.35. The molecule has 3 aromatic carbocycles. The fourth-order valence-corrected chi connectivity index (χ4v) is 2.46. The number of rotatable bonds is 3. The molecular weight excluding hydrogens is 284 g/mol. The highest BCUT2D eigenvalue weighted by Crippen LogP contribution is 2.14. The van der Waals surface area contributed by atoms with Crippen molar-refractivity contribution in [3.05, 3.63) is 91.0 Å². The molecule has 0 spiro atoms. The Morgan fingerprint density at radius 2 is 1.22 bits per heavy atom. The molecule has 0 radical (unpaired) electrons. The minimum atomic E-state index is 0.806. The van der Waals surface area contributed by atoms with Crippen LogP contribution in [0.2, 0.25) is 0 Å². The molecule has 0 fully saturated rings. The third-order valence-electron chi connectivity index (χ3n) is 3.58. The molecule has 0 aliphatic heterocycles. The normalized spacial score (nSPS) is 10.6. The van der Waals surface area contributed by atoms with E-state index >= 15 is 0 Å². The first kappa shape index (κ1) is 13.4. The highest BCUT2D eigenvalue weighted by Gasteiger charge is 2.23. The third-order valence-corrected chi connectivity index (χ3v) is 3.58. The summed E-state index contributed by atoms with van der Waals surface area (Å²) in [5, 5.41) is 9.34. The van der Waals surface area contributed by atoms with Crippen LogP contribution in [-0.2, 0) is 0 Å². The zero-order chi connectivity index (χ0) is 15.5. The second-order valence-corrected chi connectivity index (χ2v) is 5.15. The molecule has 4 heteroatoms. The van der Waals surface area contributed by atoms with E-state index in [9.17, 15) is 0 Å². The maximum atomic E-state index is 4.70. The summed E-state index contributed by atoms with van der Waals surface area (Å²) in [6, 6.07) is 30.1. The van der Waals surface area contributed by atoms with Crippen molar-refractivity contribution < 1.29 is 4.68 Å². The van der Waals surface area contributed by atoms with Crippen LogP contribution in [-0.4, -0.2) is 15.1 Å². The zero-order valence-electron chi connectivity index (χ0n) is 12.4. The number of hydrogen-bond donors (Lipinski definition) is 0. The van der Waals surface area contributed by atoms with Crippen LogP contribution < -0.4 is 4.68 Å². The quantitative estimate of drug-likeness (QED) is 0.544. The van der Waals surface area contributed by atoms with Crippen LogP contribution in [0.1, 0.15) is 0 Å². The Balaban J connectivity index is 1.91. The standard InChI is InChI=1S/C19H15N4/c1-4-10-16(11-5-1)19-20-23(18-14-8-3-9-15-18)21-22(19)17-12-6-2-7-13-17/h1-15H/q+1. The summed E-state index contributed by atoms with van der Waals surface area (Å²) in [5.41, 5.74) is 2.94. The van der Waals surface area contributed by atoms with Crippen molar-refractivity contribution in [2.24, 2.45) is 0 Å². The molecule has 1 aromatic heterocycles. The average molecular weight is 299 g/mol. The molecule has 0 atom stereocenters. The van der Waals surface area contributed by atoms with Crippen molar-refractivity contribution in [3.8, 4) is 22.8 Å². The van der Waals surface area contributed by atoms with Gasteiger partial charge in [-0.15, -0.1) is 0 Å². The second kappa shape index (κ2) is 5.85. The molecule has 0 saturated heterocycles. The lowest BCUT2D eigenvalue weighted by molar-refractivity contribution is -0.651. The molecule has 23 heavy (non-hydrogen) atoms. The molecule has 0 N–H and O–H groups in total. The van der Waals surface area contributed by atoms with Gasteiger partial charge in [-0.25, -0.2) is 0 Å². The Morgan fingerprint density at radius 3 is 1.87 bits per heavy atom. The molecule has 4 nitrogen and oxygen atoms in total. The number of tetrazole rings is 1. The second-order valence-electron chi connectivity index (χ2n) is 5.15. The molecule has 1 heterocycles. The van der Waals surface area contributed by atoms with Gasteiger partial charge < -0.3 is 0 Å². The van der Waals surface area contributed by atoms with Crippen LogP contribution in [0.3, 0.4) is 0 Å². The maximum absolute atomic E-state index is 4.70. The molecule has 0 amide bonds. The SMILES string of the molecule is c1ccc(-c2nn(-c3ccccc3)n[n+]2-c2ccccc2)cc1. The van der Waals surface area contributed by atoms with E-state index in [-0.39, 0.29) is 0 Å². The predicted octanol–water partition coefficient (Wildman–Crippen LogP) is 3.21. The number of para-hydroxylation sites is 2. The van der Waals surface area contributed by atoms with Crippen LogP contribution in [0.4, 0.5) is 0 Å². The van der Waals surface area contributed by atoms with E-state index in [0.29, 0.717) is 0 Å². The van der Waals surface area contributed by atoms with Gasteiger partial charge in [0.05, 0.1) is 15.9 Å². The van der Waals surface area contributed by atoms with Crippen LogP contribution in [0, 0.1) is 0 Å². The first-order valence-corrected chi connectivity index (χ1v) is 7.48. The highest BCUT2D eigenvalue weighted by molar-refractivity contribution is 5.51. The van der Waals surface area contributed by atoms with Crippen LogP contribution in [0.25, 0.3) is 22.8 Å². The largest absolute Gasteiger partial charge is 0.335 e. The number of benzene rings is 3. The first-order valence-electron chi connectivity index (χ1n) is 7.48. The molecule has 4 rings (SSSR count). The minimum absolute atomic E-state index is 0.806. The molecule has 0 aliphatic rings. The van der Waals surface area contributed by atoms with Gasteiger partial charge in [-0.1, -0.05) is 59.3 Å². The monoisotopic (exact) mass is 299 g/mol. The van der Waals surface area contributed by atoms with E-state index in [2.05, 4.69) is 5.21 Å². The van der Waals surface area contributed by atoms with E-state index in [0.717, 1.165) is 22.8 Å². The van der Waals surface area contributed by atoms with E-state index in [1.54, 1.807) is 4.80 Å². The molecule has 4 aromatic rings. The van der Waals surface area contributed by atoms with Crippen molar-refractivity contribution in [1.29, 1.82) is 0 Å². The van der Waals surface area contributed by atoms with Gasteiger partial charge in [-0.05, 0) is 36.4 Å². The van der Waals surface area contributed by atoms with Crippen LogP contribution in [0.15, 0.2) is 91.0 Å². The van der Waals surface area contributed by atoms with Crippen molar-refractivity contribution in [2.45, 2.75) is 0 Å². The predicted molar refractivity (Wildman–Crippen MR) is 88.3 cm³/mol. The zero-order valence-corrected chi connectivity index (χ0v) is 12.4. The Kier molecular flexibility index (Phi) is 3.41. The summed E-state index contributed by atoms with van der Waals surface area (Å²) in [5.74, 6) is 0.806. The number of hydrogen-bond acceptors (Lipinski definition) is 2. The summed E-state index contributed by atoms with van der Waals surface area (Å²) < 4.78 is 1.86. The van der Waals surface area contributed by atoms with Gasteiger partial charge >= 0.3 is 5.82 Å². The number of nitrogens with zero attached hydrogens (tertiary/aromatic N) is 4. The summed E-state index contributed by atoms with van der Waals surface area (Å²) in [6.07, 6.45) is 0. The summed E-state index contributed by atoms with van der Waals surface area (Å²) in [7, 11) is 0. The molecular formula is C19H15N4+. The molecule has 0 bridgehead atoms. The Labute approximate surface area is 134 Å². The lowest BCUT2D eigenvalue weighted by atomic mass is 10.2. The smallest absolute Gasteiger partial charge is 0.0971 e. The van der Waals surface area contributed by atoms with Gasteiger partial charge in [0, 0.05) is 4.80 Å². The molecule has 110 valence electrons. The summed E-state index contributed by atoms with van der Waals surface area (Å²) in [4.78, 5) is 1.66. The average Bonchev–Trinajstić information content (AvgIpc) is 3.09. The first-order chi connectivity index (χ1) is 11.4. The number of aromatic nitrogens is 4. The van der Waals surface area contributed by atoms with E-state index in [1.807, 2.05) is 95.7 Å². The minimum Gasteiger partial charge on any atom is -0.0971 e. The third kappa shape index (κ3) is 2.62. The molecule has 0 unspecified atom stereocenters. The van der Waals surface area contributed by atoms with Crippen LogP contribution in [0.5, 0.6) is 0 Å². The fraction of sp³-hybridized carbons (Fsp3) is 0. The Bertz CT molecular complexity index is 843. The van der Waals surface area contributed by atoms with Gasteiger partial charge in [0.1, 0.15) is 5.69 Å². The molecule has 0 aliphatic carbocycles. The van der Waals surface area contributed by atoms with Gasteiger partial charge in [0.15, 0.2) is 5.69 Å². The summed E-state index contributed by atoms with van der Waals surface area (Å²) in [6.45, 7) is 0. The lowest BCUT2D eigenvalue weighted by Gasteiger charge is -1.96. The Morgan fingerprint density at radius 1 is 0.652 bits per heavy atom. The van der Waals surface area contributed by atoms with Crippen molar-refractivity contribution in [2.75, 3.05) is 0 Å². The van der Waals surface area contributed by atoms with Gasteiger partial charge in [-0.2, -0.15) is 0 Å². The Hall–Kier alpha value is -3.27. The topological polar surface area (TPSA) is 34.6 Å². The van der Waals surface area contributed by atoms with Gasteiger partial charge in [0.25, 0.3) is 0 Å². The van der Waals surface area contributed by atoms with Crippen molar-refractivity contribution in [3.63, 3.8) is 0 Å². The van der Waals surface area contributed by atoms with Crippen molar-refractivity contribution in [1.82, 2.24) is 15.1 Å². The van der Waals surface area contributed by atoms with E-state index in [4.69, 9.17) is 5.10 Å². The van der Waals surface area contributed by atoms with Crippen LogP contribution >= 0.6 is 0 Å². The van der Waals surface area contributed by atoms with Gasteiger partial charge in [0.2, 0.25) is 0 Å². The van der Waals surface area contributed by atoms with Crippen molar-refractivity contribution >= 4 is 0 Å². The van der Waals surface area contributed by atoms with Gasteiger partial charge in [-0.3, -0.25) is 0 Å².